The van der Waals surface area contributed by atoms with E-state index in [1.54, 1.807) is 25.1 Å². The first-order valence-corrected chi connectivity index (χ1v) is 10.1. The van der Waals surface area contributed by atoms with Crippen LogP contribution in [0.1, 0.15) is 13.8 Å². The van der Waals surface area contributed by atoms with Gasteiger partial charge in [0.25, 0.3) is 5.03 Å². The number of anilines is 1. The van der Waals surface area contributed by atoms with Gasteiger partial charge in [0.15, 0.2) is 6.20 Å². The third-order valence-corrected chi connectivity index (χ3v) is 5.94. The lowest BCUT2D eigenvalue weighted by Crippen LogP contribution is -2.30. The van der Waals surface area contributed by atoms with Crippen molar-refractivity contribution < 1.29 is 9.52 Å². The molecule has 2 aromatic heterocycles. The highest BCUT2D eigenvalue weighted by atomic mass is 32.2. The first kappa shape index (κ1) is 18.4. The zero-order chi connectivity index (χ0) is 19.7. The molecule has 0 bridgehead atoms. The molecule has 142 valence electrons. The van der Waals surface area contributed by atoms with Crippen LogP contribution in [0.5, 0.6) is 0 Å². The summed E-state index contributed by atoms with van der Waals surface area (Å²) in [6.45, 7) is 4.82. The maximum absolute atomic E-state index is 12.6. The van der Waals surface area contributed by atoms with Gasteiger partial charge in [-0.3, -0.25) is 4.79 Å². The molecular formula is C22H21N3O2S. The van der Waals surface area contributed by atoms with Crippen molar-refractivity contribution in [3.05, 3.63) is 72.1 Å². The Labute approximate surface area is 167 Å². The Kier molecular flexibility index (Phi) is 4.96. The van der Waals surface area contributed by atoms with Crippen molar-refractivity contribution in [2.45, 2.75) is 30.7 Å². The zero-order valence-corrected chi connectivity index (χ0v) is 16.6. The van der Waals surface area contributed by atoms with E-state index >= 15 is 0 Å². The fraction of sp³-hybridized carbons (Fsp3) is 0.182. The quantitative estimate of drug-likeness (QED) is 0.308. The lowest BCUT2D eigenvalue weighted by molar-refractivity contribution is -0.645. The van der Waals surface area contributed by atoms with E-state index < -0.39 is 5.25 Å². The Morgan fingerprint density at radius 2 is 1.86 bits per heavy atom. The van der Waals surface area contributed by atoms with Crippen molar-refractivity contribution in [2.24, 2.45) is 0 Å². The van der Waals surface area contributed by atoms with Gasteiger partial charge in [0.05, 0.1) is 5.25 Å². The van der Waals surface area contributed by atoms with Crippen molar-refractivity contribution in [1.29, 1.82) is 0 Å². The van der Waals surface area contributed by atoms with E-state index in [2.05, 4.69) is 35.0 Å². The average Bonchev–Trinajstić information content (AvgIpc) is 3.02. The number of thioether (sulfide) groups is 1. The van der Waals surface area contributed by atoms with Crippen LogP contribution in [0.2, 0.25) is 0 Å². The molecule has 28 heavy (non-hydrogen) atoms. The maximum Gasteiger partial charge on any atom is 0.252 e. The number of nitrogens with one attached hydrogen (secondary N) is 1. The van der Waals surface area contributed by atoms with Gasteiger partial charge in [-0.25, -0.2) is 0 Å². The zero-order valence-electron chi connectivity index (χ0n) is 15.8. The van der Waals surface area contributed by atoms with Crippen molar-refractivity contribution in [3.8, 4) is 0 Å². The van der Waals surface area contributed by atoms with Gasteiger partial charge in [-0.05, 0) is 55.9 Å². The van der Waals surface area contributed by atoms with Gasteiger partial charge in [0.2, 0.25) is 5.91 Å². The summed E-state index contributed by atoms with van der Waals surface area (Å²) in [6.07, 6.45) is 1.43. The normalized spacial score (nSPS) is 12.4. The van der Waals surface area contributed by atoms with Gasteiger partial charge in [-0.1, -0.05) is 18.2 Å². The summed E-state index contributed by atoms with van der Waals surface area (Å²) >= 11 is 1.25. The second-order valence-corrected chi connectivity index (χ2v) is 7.97. The molecule has 4 aromatic rings. The van der Waals surface area contributed by atoms with Crippen LogP contribution in [-0.2, 0) is 11.3 Å². The van der Waals surface area contributed by atoms with Crippen LogP contribution >= 0.6 is 11.8 Å². The maximum atomic E-state index is 12.6. The minimum absolute atomic E-state index is 0.132. The molecule has 0 saturated carbocycles. The summed E-state index contributed by atoms with van der Waals surface area (Å²) in [5.74, 6) is -0.132. The summed E-state index contributed by atoms with van der Waals surface area (Å²) in [4.78, 5) is 12.6. The average molecular weight is 391 g/mol. The van der Waals surface area contributed by atoms with Crippen LogP contribution in [0.4, 0.5) is 5.69 Å². The number of carbonyl (C=O) groups is 1. The number of fused-ring (bicyclic) bond motifs is 3. The number of carbonyl (C=O) groups excluding carboxylic acids is 1. The number of hydrogen-bond donors (Lipinski definition) is 1. The fourth-order valence-corrected chi connectivity index (χ4v) is 4.30. The number of hydrogen-bond acceptors (Lipinski definition) is 3. The number of aryl methyl sites for hydroxylation is 1. The molecule has 4 rings (SSSR count). The molecule has 2 aromatic carbocycles. The SMILES string of the molecule is CCn1c2ccccc2c2cc(NC(=O)[C@@H](C)Sc3cccc[n+]3[O-])ccc21. The third-order valence-electron chi connectivity index (χ3n) is 4.81. The topological polar surface area (TPSA) is 61.0 Å². The highest BCUT2D eigenvalue weighted by Gasteiger charge is 2.19. The monoisotopic (exact) mass is 391 g/mol. The van der Waals surface area contributed by atoms with Crippen molar-refractivity contribution >= 4 is 45.2 Å². The second-order valence-electron chi connectivity index (χ2n) is 6.61. The third kappa shape index (κ3) is 3.31. The van der Waals surface area contributed by atoms with E-state index in [9.17, 15) is 10.0 Å². The lowest BCUT2D eigenvalue weighted by atomic mass is 10.1. The van der Waals surface area contributed by atoms with Gasteiger partial charge >= 0.3 is 0 Å². The van der Waals surface area contributed by atoms with Crippen LogP contribution in [0.25, 0.3) is 21.8 Å². The first-order valence-electron chi connectivity index (χ1n) is 9.25. The minimum Gasteiger partial charge on any atom is -0.618 e. The molecule has 1 amide bonds. The highest BCUT2D eigenvalue weighted by Crippen LogP contribution is 2.31. The Morgan fingerprint density at radius 3 is 2.64 bits per heavy atom. The van der Waals surface area contributed by atoms with Gasteiger partial charge in [-0.2, -0.15) is 4.73 Å². The number of benzene rings is 2. The summed E-state index contributed by atoms with van der Waals surface area (Å²) in [6, 6.07) is 19.5. The van der Waals surface area contributed by atoms with Crippen LogP contribution < -0.4 is 10.0 Å². The molecule has 2 heterocycles. The molecule has 1 atom stereocenters. The van der Waals surface area contributed by atoms with Gasteiger partial charge in [0.1, 0.15) is 0 Å². The summed E-state index contributed by atoms with van der Waals surface area (Å²) in [5, 5.41) is 17.2. The largest absolute Gasteiger partial charge is 0.618 e. The molecule has 1 N–H and O–H groups in total. The van der Waals surface area contributed by atoms with Crippen LogP contribution in [0, 0.1) is 5.21 Å². The number of rotatable bonds is 5. The number of nitrogens with zero attached hydrogens (tertiary/aromatic N) is 2. The smallest absolute Gasteiger partial charge is 0.252 e. The number of pyridine rings is 1. The summed E-state index contributed by atoms with van der Waals surface area (Å²) in [5.41, 5.74) is 3.10. The van der Waals surface area contributed by atoms with Crippen molar-refractivity contribution in [1.82, 2.24) is 4.57 Å². The van der Waals surface area contributed by atoms with E-state index in [0.717, 1.165) is 27.9 Å². The fourth-order valence-electron chi connectivity index (χ4n) is 3.45. The van der Waals surface area contributed by atoms with E-state index in [1.807, 2.05) is 24.3 Å². The molecule has 0 spiro atoms. The number of amides is 1. The van der Waals surface area contributed by atoms with Crippen LogP contribution in [0.15, 0.2) is 71.9 Å². The Hall–Kier alpha value is -2.99. The second kappa shape index (κ2) is 7.56. The van der Waals surface area contributed by atoms with Crippen molar-refractivity contribution in [2.75, 3.05) is 5.32 Å². The Morgan fingerprint density at radius 1 is 1.11 bits per heavy atom. The van der Waals surface area contributed by atoms with E-state index in [4.69, 9.17) is 0 Å². The molecular weight excluding hydrogens is 370 g/mol. The molecule has 0 aliphatic rings. The lowest BCUT2D eigenvalue weighted by Gasteiger charge is -2.12. The molecule has 5 nitrogen and oxygen atoms in total. The van der Waals surface area contributed by atoms with E-state index in [-0.39, 0.29) is 5.91 Å². The van der Waals surface area contributed by atoms with Gasteiger partial charge in [-0.15, -0.1) is 0 Å². The number of para-hydroxylation sites is 1. The standard InChI is InChI=1S/C22H21N3O2S/c1-3-24-19-9-5-4-8-17(19)18-14-16(11-12-20(18)24)23-22(26)15(2)28-21-10-6-7-13-25(21)27/h4-15H,3H2,1-2H3,(H,23,26)/t15-/m1/s1. The molecule has 0 radical (unpaired) electrons. The number of aromatic nitrogens is 2. The van der Waals surface area contributed by atoms with Gasteiger partial charge in [0, 0.05) is 46.2 Å². The first-order chi connectivity index (χ1) is 13.6. The predicted octanol–water partition coefficient (Wildman–Crippen LogP) is 4.57. The van der Waals surface area contributed by atoms with Crippen LogP contribution in [0.3, 0.4) is 0 Å². The molecule has 0 saturated heterocycles. The molecule has 0 aliphatic carbocycles. The molecule has 6 heteroatoms. The summed E-state index contributed by atoms with van der Waals surface area (Å²) < 4.78 is 3.05. The predicted molar refractivity (Wildman–Crippen MR) is 114 cm³/mol. The summed E-state index contributed by atoms with van der Waals surface area (Å²) in [7, 11) is 0. The molecule has 0 fully saturated rings. The van der Waals surface area contributed by atoms with Crippen LogP contribution in [-0.4, -0.2) is 15.7 Å². The highest BCUT2D eigenvalue weighted by molar-refractivity contribution is 8.00. The van der Waals surface area contributed by atoms with Gasteiger partial charge < -0.3 is 15.1 Å². The Bertz CT molecular complexity index is 1170. The van der Waals surface area contributed by atoms with E-state index in [0.29, 0.717) is 5.03 Å². The molecule has 0 unspecified atom stereocenters. The Balaban J connectivity index is 1.60. The van der Waals surface area contributed by atoms with E-state index in [1.165, 1.54) is 28.9 Å². The minimum atomic E-state index is -0.393. The molecule has 0 aliphatic heterocycles. The van der Waals surface area contributed by atoms with Crippen molar-refractivity contribution in [3.63, 3.8) is 0 Å².